The third-order valence-corrected chi connectivity index (χ3v) is 4.39. The van der Waals surface area contributed by atoms with Crippen molar-refractivity contribution in [3.05, 3.63) is 89.8 Å². The van der Waals surface area contributed by atoms with E-state index in [2.05, 4.69) is 25.2 Å². The van der Waals surface area contributed by atoms with Crippen molar-refractivity contribution >= 4 is 5.91 Å². The summed E-state index contributed by atoms with van der Waals surface area (Å²) in [6.45, 7) is 4.66. The number of aryl methyl sites for hydroxylation is 1. The van der Waals surface area contributed by atoms with E-state index in [-0.39, 0.29) is 5.91 Å². The van der Waals surface area contributed by atoms with Gasteiger partial charge in [0.25, 0.3) is 5.91 Å². The van der Waals surface area contributed by atoms with Crippen LogP contribution in [0.1, 0.15) is 34.4 Å². The molecule has 0 aliphatic heterocycles. The van der Waals surface area contributed by atoms with Gasteiger partial charge >= 0.3 is 0 Å². The van der Waals surface area contributed by atoms with Gasteiger partial charge in [0.05, 0.1) is 17.0 Å². The van der Waals surface area contributed by atoms with Crippen LogP contribution in [0.15, 0.2) is 67.1 Å². The Morgan fingerprint density at radius 3 is 2.07 bits per heavy atom. The lowest BCUT2D eigenvalue weighted by Crippen LogP contribution is -2.34. The Morgan fingerprint density at radius 1 is 0.893 bits per heavy atom. The van der Waals surface area contributed by atoms with Crippen LogP contribution in [0.2, 0.25) is 0 Å². The smallest absolute Gasteiger partial charge is 0.252 e. The van der Waals surface area contributed by atoms with Gasteiger partial charge in [-0.05, 0) is 42.8 Å². The minimum absolute atomic E-state index is 0.106. The lowest BCUT2D eigenvalue weighted by atomic mass is 10.2. The molecule has 0 unspecified atom stereocenters. The van der Waals surface area contributed by atoms with Gasteiger partial charge in [-0.1, -0.05) is 19.1 Å². The minimum Gasteiger partial charge on any atom is -0.351 e. The SMILES string of the molecule is CCc1ccc(C(=O)NCCN(Cc2ccccn2)Cc2ccccn2)cn1. The molecular weight excluding hydrogens is 350 g/mol. The Kier molecular flexibility index (Phi) is 7.21. The summed E-state index contributed by atoms with van der Waals surface area (Å²) in [5.74, 6) is -0.106. The first-order valence-electron chi connectivity index (χ1n) is 9.50. The first kappa shape index (κ1) is 19.6. The van der Waals surface area contributed by atoms with Crippen molar-refractivity contribution in [1.29, 1.82) is 0 Å². The van der Waals surface area contributed by atoms with Crippen LogP contribution in [0.4, 0.5) is 0 Å². The standard InChI is InChI=1S/C22H25N5O/c1-2-19-10-9-18(15-26-19)22(28)25-13-14-27(16-20-7-3-5-11-23-20)17-21-8-4-6-12-24-21/h3-12,15H,2,13-14,16-17H2,1H3,(H,25,28). The fraction of sp³-hybridized carbons (Fsp3) is 0.273. The maximum atomic E-state index is 12.3. The number of amides is 1. The van der Waals surface area contributed by atoms with Gasteiger partial charge in [-0.15, -0.1) is 0 Å². The van der Waals surface area contributed by atoms with E-state index < -0.39 is 0 Å². The van der Waals surface area contributed by atoms with E-state index in [1.165, 1.54) is 0 Å². The summed E-state index contributed by atoms with van der Waals surface area (Å²) in [6.07, 6.45) is 6.08. The molecule has 6 heteroatoms. The van der Waals surface area contributed by atoms with Crippen LogP contribution in [-0.2, 0) is 19.5 Å². The molecule has 0 spiro atoms. The summed E-state index contributed by atoms with van der Waals surface area (Å²) in [4.78, 5) is 27.7. The second-order valence-electron chi connectivity index (χ2n) is 6.50. The number of carbonyl (C=O) groups is 1. The monoisotopic (exact) mass is 375 g/mol. The zero-order valence-electron chi connectivity index (χ0n) is 16.1. The largest absolute Gasteiger partial charge is 0.351 e. The molecule has 28 heavy (non-hydrogen) atoms. The molecule has 1 amide bonds. The number of nitrogens with zero attached hydrogens (tertiary/aromatic N) is 4. The van der Waals surface area contributed by atoms with E-state index in [1.54, 1.807) is 18.6 Å². The summed E-state index contributed by atoms with van der Waals surface area (Å²) in [6, 6.07) is 15.5. The van der Waals surface area contributed by atoms with Crippen molar-refractivity contribution in [2.24, 2.45) is 0 Å². The van der Waals surface area contributed by atoms with E-state index in [1.807, 2.05) is 55.5 Å². The number of carbonyl (C=O) groups excluding carboxylic acids is 1. The Hall–Kier alpha value is -3.12. The van der Waals surface area contributed by atoms with Gasteiger partial charge in [0.1, 0.15) is 0 Å². The van der Waals surface area contributed by atoms with Crippen LogP contribution in [0.3, 0.4) is 0 Å². The molecule has 0 fully saturated rings. The van der Waals surface area contributed by atoms with E-state index in [0.717, 1.165) is 23.5 Å². The van der Waals surface area contributed by atoms with Crippen molar-refractivity contribution in [2.75, 3.05) is 13.1 Å². The van der Waals surface area contributed by atoms with Crippen molar-refractivity contribution in [3.8, 4) is 0 Å². The lowest BCUT2D eigenvalue weighted by Gasteiger charge is -2.21. The molecule has 0 saturated heterocycles. The quantitative estimate of drug-likeness (QED) is 0.623. The number of rotatable bonds is 9. The molecule has 1 N–H and O–H groups in total. The molecule has 0 atom stereocenters. The number of aromatic nitrogens is 3. The van der Waals surface area contributed by atoms with E-state index in [4.69, 9.17) is 0 Å². The predicted octanol–water partition coefficient (Wildman–Crippen LogP) is 2.87. The zero-order valence-corrected chi connectivity index (χ0v) is 16.1. The molecule has 0 saturated carbocycles. The maximum Gasteiger partial charge on any atom is 0.252 e. The minimum atomic E-state index is -0.106. The maximum absolute atomic E-state index is 12.3. The molecule has 6 nitrogen and oxygen atoms in total. The fourth-order valence-corrected chi connectivity index (χ4v) is 2.85. The molecule has 144 valence electrons. The molecular formula is C22H25N5O. The summed E-state index contributed by atoms with van der Waals surface area (Å²) in [5.41, 5.74) is 3.54. The van der Waals surface area contributed by atoms with Crippen molar-refractivity contribution in [2.45, 2.75) is 26.4 Å². The predicted molar refractivity (Wildman–Crippen MR) is 109 cm³/mol. The van der Waals surface area contributed by atoms with E-state index in [9.17, 15) is 4.79 Å². The fourth-order valence-electron chi connectivity index (χ4n) is 2.85. The van der Waals surface area contributed by atoms with Gasteiger partial charge in [-0.2, -0.15) is 0 Å². The third kappa shape index (κ3) is 5.96. The molecule has 0 aliphatic carbocycles. The second-order valence-corrected chi connectivity index (χ2v) is 6.50. The molecule has 0 aliphatic rings. The van der Waals surface area contributed by atoms with Crippen molar-refractivity contribution in [1.82, 2.24) is 25.2 Å². The van der Waals surface area contributed by atoms with Crippen LogP contribution in [0, 0.1) is 0 Å². The van der Waals surface area contributed by atoms with Gasteiger partial charge in [-0.25, -0.2) is 0 Å². The molecule has 0 radical (unpaired) electrons. The third-order valence-electron chi connectivity index (χ3n) is 4.39. The Bertz CT molecular complexity index is 812. The van der Waals surface area contributed by atoms with E-state index in [0.29, 0.717) is 31.7 Å². The molecule has 3 aromatic heterocycles. The highest BCUT2D eigenvalue weighted by molar-refractivity contribution is 5.93. The molecule has 3 rings (SSSR count). The Labute approximate surface area is 165 Å². The lowest BCUT2D eigenvalue weighted by molar-refractivity contribution is 0.0946. The number of pyridine rings is 3. The van der Waals surface area contributed by atoms with Gasteiger partial charge in [0.2, 0.25) is 0 Å². The van der Waals surface area contributed by atoms with Gasteiger partial charge < -0.3 is 5.32 Å². The topological polar surface area (TPSA) is 71.0 Å². The average Bonchev–Trinajstić information content (AvgIpc) is 2.75. The Balaban J connectivity index is 1.57. The van der Waals surface area contributed by atoms with Crippen LogP contribution >= 0.6 is 0 Å². The normalized spacial score (nSPS) is 10.8. The highest BCUT2D eigenvalue weighted by atomic mass is 16.1. The molecule has 0 bridgehead atoms. The van der Waals surface area contributed by atoms with Crippen LogP contribution in [-0.4, -0.2) is 38.8 Å². The van der Waals surface area contributed by atoms with Gasteiger partial charge in [-0.3, -0.25) is 24.6 Å². The summed E-state index contributed by atoms with van der Waals surface area (Å²) < 4.78 is 0. The average molecular weight is 375 g/mol. The molecule has 0 aromatic carbocycles. The number of hydrogen-bond donors (Lipinski definition) is 1. The second kappa shape index (κ2) is 10.3. The van der Waals surface area contributed by atoms with Gasteiger partial charge in [0.15, 0.2) is 0 Å². The first-order chi connectivity index (χ1) is 13.7. The molecule has 3 aromatic rings. The highest BCUT2D eigenvalue weighted by Crippen LogP contribution is 2.06. The number of hydrogen-bond acceptors (Lipinski definition) is 5. The Morgan fingerprint density at radius 2 is 1.57 bits per heavy atom. The summed E-state index contributed by atoms with van der Waals surface area (Å²) in [5, 5.41) is 2.98. The van der Waals surface area contributed by atoms with Crippen LogP contribution in [0.5, 0.6) is 0 Å². The number of nitrogens with one attached hydrogen (secondary N) is 1. The van der Waals surface area contributed by atoms with Crippen molar-refractivity contribution in [3.63, 3.8) is 0 Å². The van der Waals surface area contributed by atoms with Crippen molar-refractivity contribution < 1.29 is 4.79 Å². The molecule has 3 heterocycles. The van der Waals surface area contributed by atoms with E-state index >= 15 is 0 Å². The van der Waals surface area contributed by atoms with Gasteiger partial charge in [0, 0.05) is 50.5 Å². The first-order valence-corrected chi connectivity index (χ1v) is 9.50. The zero-order chi connectivity index (χ0) is 19.6. The summed E-state index contributed by atoms with van der Waals surface area (Å²) in [7, 11) is 0. The highest BCUT2D eigenvalue weighted by Gasteiger charge is 2.11. The van der Waals surface area contributed by atoms with Crippen LogP contribution in [0.25, 0.3) is 0 Å². The summed E-state index contributed by atoms with van der Waals surface area (Å²) >= 11 is 0. The van der Waals surface area contributed by atoms with Crippen LogP contribution < -0.4 is 5.32 Å².